The van der Waals surface area contributed by atoms with Crippen molar-refractivity contribution in [2.24, 2.45) is 5.73 Å². The Morgan fingerprint density at radius 3 is 2.75 bits per heavy atom. The van der Waals surface area contributed by atoms with Gasteiger partial charge in [-0.2, -0.15) is 0 Å². The van der Waals surface area contributed by atoms with Crippen LogP contribution in [0.2, 0.25) is 0 Å². The van der Waals surface area contributed by atoms with Gasteiger partial charge in [-0.3, -0.25) is 0 Å². The molecule has 1 unspecified atom stereocenters. The molecule has 0 aliphatic heterocycles. The van der Waals surface area contributed by atoms with E-state index in [1.54, 1.807) is 0 Å². The zero-order valence-electron chi connectivity index (χ0n) is 7.47. The smallest absolute Gasteiger partial charge is 0.0133 e. The zero-order chi connectivity index (χ0) is 9.14. The van der Waals surface area contributed by atoms with Crippen molar-refractivity contribution in [1.29, 1.82) is 0 Å². The van der Waals surface area contributed by atoms with Crippen LogP contribution >= 0.6 is 22.6 Å². The normalized spacial score (nSPS) is 13.0. The number of hydrogen-bond acceptors (Lipinski definition) is 1. The van der Waals surface area contributed by atoms with Gasteiger partial charge in [0.15, 0.2) is 0 Å². The SMILES string of the molecule is Cc1ccc(I)cc1CC(C)N. The van der Waals surface area contributed by atoms with Gasteiger partial charge in [-0.1, -0.05) is 6.07 Å². The second-order valence-electron chi connectivity index (χ2n) is 3.25. The summed E-state index contributed by atoms with van der Waals surface area (Å²) in [7, 11) is 0. The Kier molecular flexibility index (Phi) is 3.53. The van der Waals surface area contributed by atoms with Crippen molar-refractivity contribution in [2.45, 2.75) is 26.3 Å². The molecular formula is C10H14IN. The first-order chi connectivity index (χ1) is 5.59. The molecule has 66 valence electrons. The van der Waals surface area contributed by atoms with Crippen molar-refractivity contribution in [3.05, 3.63) is 32.9 Å². The Labute approximate surface area is 87.5 Å². The molecule has 12 heavy (non-hydrogen) atoms. The highest BCUT2D eigenvalue weighted by atomic mass is 127. The maximum atomic E-state index is 5.74. The van der Waals surface area contributed by atoms with Crippen LogP contribution in [0.25, 0.3) is 0 Å². The van der Waals surface area contributed by atoms with E-state index in [1.165, 1.54) is 14.7 Å². The van der Waals surface area contributed by atoms with E-state index in [1.807, 2.05) is 6.92 Å². The van der Waals surface area contributed by atoms with E-state index < -0.39 is 0 Å². The van der Waals surface area contributed by atoms with Crippen LogP contribution in [0.15, 0.2) is 18.2 Å². The molecule has 1 nitrogen and oxygen atoms in total. The van der Waals surface area contributed by atoms with Crippen LogP contribution in [0, 0.1) is 10.5 Å². The summed E-state index contributed by atoms with van der Waals surface area (Å²) < 4.78 is 1.29. The van der Waals surface area contributed by atoms with Crippen molar-refractivity contribution in [1.82, 2.24) is 0 Å². The largest absolute Gasteiger partial charge is 0.328 e. The Hall–Kier alpha value is -0.0900. The van der Waals surface area contributed by atoms with Crippen LogP contribution in [-0.2, 0) is 6.42 Å². The standard InChI is InChI=1S/C10H14IN/c1-7-3-4-10(11)6-9(7)5-8(2)12/h3-4,6,8H,5,12H2,1-2H3. The highest BCUT2D eigenvalue weighted by Gasteiger charge is 2.01. The maximum absolute atomic E-state index is 5.74. The lowest BCUT2D eigenvalue weighted by Crippen LogP contribution is -2.18. The van der Waals surface area contributed by atoms with Crippen LogP contribution in [0.3, 0.4) is 0 Å². The third-order valence-corrected chi connectivity index (χ3v) is 2.52. The van der Waals surface area contributed by atoms with Crippen molar-refractivity contribution in [3.8, 4) is 0 Å². The number of halogens is 1. The molecule has 2 heteroatoms. The van der Waals surface area contributed by atoms with Crippen LogP contribution in [-0.4, -0.2) is 6.04 Å². The second kappa shape index (κ2) is 4.23. The topological polar surface area (TPSA) is 26.0 Å². The summed E-state index contributed by atoms with van der Waals surface area (Å²) in [6, 6.07) is 6.74. The zero-order valence-corrected chi connectivity index (χ0v) is 9.63. The van der Waals surface area contributed by atoms with E-state index in [0.717, 1.165) is 6.42 Å². The molecule has 0 aromatic heterocycles. The molecule has 0 aliphatic carbocycles. The quantitative estimate of drug-likeness (QED) is 0.824. The average Bonchev–Trinajstić information content (AvgIpc) is 1.96. The van der Waals surface area contributed by atoms with Crippen LogP contribution in [0.4, 0.5) is 0 Å². The van der Waals surface area contributed by atoms with Gasteiger partial charge in [-0.05, 0) is 66.1 Å². The van der Waals surface area contributed by atoms with E-state index in [-0.39, 0.29) is 6.04 Å². The Bertz CT molecular complexity index is 269. The molecule has 0 bridgehead atoms. The number of rotatable bonds is 2. The minimum atomic E-state index is 0.252. The van der Waals surface area contributed by atoms with Gasteiger partial charge in [-0.15, -0.1) is 0 Å². The summed E-state index contributed by atoms with van der Waals surface area (Å²) in [4.78, 5) is 0. The first kappa shape index (κ1) is 9.99. The van der Waals surface area contributed by atoms with Crippen LogP contribution in [0.1, 0.15) is 18.1 Å². The molecule has 1 atom stereocenters. The van der Waals surface area contributed by atoms with Gasteiger partial charge >= 0.3 is 0 Å². The first-order valence-corrected chi connectivity index (χ1v) is 5.18. The third-order valence-electron chi connectivity index (χ3n) is 1.85. The molecular weight excluding hydrogens is 261 g/mol. The highest BCUT2D eigenvalue weighted by Crippen LogP contribution is 2.14. The summed E-state index contributed by atoms with van der Waals surface area (Å²) in [5, 5.41) is 0. The van der Waals surface area contributed by atoms with Crippen LogP contribution < -0.4 is 5.73 Å². The Balaban J connectivity index is 2.90. The third kappa shape index (κ3) is 2.75. The fourth-order valence-electron chi connectivity index (χ4n) is 1.21. The molecule has 1 aromatic rings. The predicted molar refractivity (Wildman–Crippen MR) is 61.2 cm³/mol. The molecule has 0 fully saturated rings. The molecule has 0 saturated carbocycles. The van der Waals surface area contributed by atoms with E-state index in [9.17, 15) is 0 Å². The van der Waals surface area contributed by atoms with Gasteiger partial charge in [0.1, 0.15) is 0 Å². The molecule has 0 heterocycles. The van der Waals surface area contributed by atoms with Gasteiger partial charge in [-0.25, -0.2) is 0 Å². The lowest BCUT2D eigenvalue weighted by molar-refractivity contribution is 0.734. The monoisotopic (exact) mass is 275 g/mol. The van der Waals surface area contributed by atoms with Crippen molar-refractivity contribution >= 4 is 22.6 Å². The predicted octanol–water partition coefficient (Wildman–Crippen LogP) is 2.49. The minimum absolute atomic E-state index is 0.252. The molecule has 2 N–H and O–H groups in total. The van der Waals surface area contributed by atoms with Gasteiger partial charge in [0.2, 0.25) is 0 Å². The summed E-state index contributed by atoms with van der Waals surface area (Å²) in [6.45, 7) is 4.17. The fraction of sp³-hybridized carbons (Fsp3) is 0.400. The van der Waals surface area contributed by atoms with E-state index in [4.69, 9.17) is 5.73 Å². The van der Waals surface area contributed by atoms with Crippen LogP contribution in [0.5, 0.6) is 0 Å². The average molecular weight is 275 g/mol. The number of hydrogen-bond donors (Lipinski definition) is 1. The van der Waals surface area contributed by atoms with Gasteiger partial charge in [0, 0.05) is 9.61 Å². The van der Waals surface area contributed by atoms with Crippen molar-refractivity contribution in [3.63, 3.8) is 0 Å². The van der Waals surface area contributed by atoms with E-state index in [0.29, 0.717) is 0 Å². The van der Waals surface area contributed by atoms with Crippen molar-refractivity contribution in [2.75, 3.05) is 0 Å². The lowest BCUT2D eigenvalue weighted by Gasteiger charge is -2.08. The van der Waals surface area contributed by atoms with Gasteiger partial charge in [0.05, 0.1) is 0 Å². The lowest BCUT2D eigenvalue weighted by atomic mass is 10.0. The molecule has 0 amide bonds. The molecule has 0 radical (unpaired) electrons. The number of aryl methyl sites for hydroxylation is 1. The highest BCUT2D eigenvalue weighted by molar-refractivity contribution is 14.1. The van der Waals surface area contributed by atoms with Gasteiger partial charge in [0.25, 0.3) is 0 Å². The molecule has 1 aromatic carbocycles. The van der Waals surface area contributed by atoms with E-state index >= 15 is 0 Å². The summed E-state index contributed by atoms with van der Waals surface area (Å²) in [6.07, 6.45) is 0.975. The summed E-state index contributed by atoms with van der Waals surface area (Å²) in [5.74, 6) is 0. The molecule has 0 spiro atoms. The summed E-state index contributed by atoms with van der Waals surface area (Å²) in [5.41, 5.74) is 8.45. The maximum Gasteiger partial charge on any atom is 0.0133 e. The molecule has 0 aliphatic rings. The molecule has 1 rings (SSSR count). The number of nitrogens with two attached hydrogens (primary N) is 1. The number of benzene rings is 1. The molecule has 0 saturated heterocycles. The fourth-order valence-corrected chi connectivity index (χ4v) is 1.76. The second-order valence-corrected chi connectivity index (χ2v) is 4.50. The van der Waals surface area contributed by atoms with Crippen molar-refractivity contribution < 1.29 is 0 Å². The first-order valence-electron chi connectivity index (χ1n) is 4.10. The minimum Gasteiger partial charge on any atom is -0.328 e. The summed E-state index contributed by atoms with van der Waals surface area (Å²) >= 11 is 2.33. The Morgan fingerprint density at radius 2 is 2.17 bits per heavy atom. The Morgan fingerprint density at radius 1 is 1.50 bits per heavy atom. The van der Waals surface area contributed by atoms with E-state index in [2.05, 4.69) is 47.7 Å². The van der Waals surface area contributed by atoms with Gasteiger partial charge < -0.3 is 5.73 Å².